The summed E-state index contributed by atoms with van der Waals surface area (Å²) in [5.74, 6) is -22.8. The SMILES string of the molecule is CC(F)(F)C(F)(F)C(F)(F)C(=O)ON1C(=O)CCC1=O. The Balaban J connectivity index is 2.96. The zero-order chi connectivity index (χ0) is 15.9. The minimum Gasteiger partial charge on any atom is -0.324 e. The predicted molar refractivity (Wildman–Crippen MR) is 47.7 cm³/mol. The van der Waals surface area contributed by atoms with Gasteiger partial charge in [-0.1, -0.05) is 0 Å². The summed E-state index contributed by atoms with van der Waals surface area (Å²) in [4.78, 5) is 36.3. The maximum atomic E-state index is 13.0. The van der Waals surface area contributed by atoms with Crippen molar-refractivity contribution >= 4 is 17.8 Å². The van der Waals surface area contributed by atoms with Crippen molar-refractivity contribution in [2.75, 3.05) is 0 Å². The third kappa shape index (κ3) is 2.43. The van der Waals surface area contributed by atoms with E-state index in [-0.39, 0.29) is 0 Å². The van der Waals surface area contributed by atoms with E-state index < -0.39 is 60.4 Å². The van der Waals surface area contributed by atoms with Gasteiger partial charge in [0.2, 0.25) is 0 Å². The number of alkyl halides is 6. The standard InChI is InChI=1S/C9H7F6NO4/c1-7(10,11)9(14,15)8(12,13)6(19)20-16-4(17)2-3-5(16)18/h2-3H2,1H3. The molecule has 0 radical (unpaired) electrons. The van der Waals surface area contributed by atoms with E-state index in [0.717, 1.165) is 0 Å². The van der Waals surface area contributed by atoms with Crippen LogP contribution in [0.15, 0.2) is 0 Å². The van der Waals surface area contributed by atoms with Crippen molar-refractivity contribution in [2.24, 2.45) is 0 Å². The summed E-state index contributed by atoms with van der Waals surface area (Å²) < 4.78 is 76.6. The maximum absolute atomic E-state index is 13.0. The smallest absolute Gasteiger partial charge is 0.324 e. The molecule has 1 rings (SSSR count). The van der Waals surface area contributed by atoms with Gasteiger partial charge in [0.15, 0.2) is 0 Å². The van der Waals surface area contributed by atoms with Crippen LogP contribution in [0.2, 0.25) is 0 Å². The number of halogens is 6. The first-order valence-electron chi connectivity index (χ1n) is 5.04. The molecule has 0 aromatic carbocycles. The minimum absolute atomic E-state index is 0.444. The molecule has 1 aliphatic heterocycles. The highest BCUT2D eigenvalue weighted by Crippen LogP contribution is 2.46. The Kier molecular flexibility index (Phi) is 3.76. The number of carbonyl (C=O) groups is 3. The lowest BCUT2D eigenvalue weighted by Gasteiger charge is -2.29. The van der Waals surface area contributed by atoms with Crippen molar-refractivity contribution in [3.63, 3.8) is 0 Å². The third-order valence-corrected chi connectivity index (χ3v) is 2.38. The Labute approximate surface area is 107 Å². The molecule has 0 N–H and O–H groups in total. The second kappa shape index (κ2) is 4.63. The first-order chi connectivity index (χ1) is 8.82. The second-order valence-corrected chi connectivity index (χ2v) is 4.00. The molecule has 0 bridgehead atoms. The maximum Gasteiger partial charge on any atom is 0.413 e. The van der Waals surface area contributed by atoms with Crippen LogP contribution < -0.4 is 0 Å². The molecule has 114 valence electrons. The van der Waals surface area contributed by atoms with E-state index in [1.165, 1.54) is 0 Å². The summed E-state index contributed by atoms with van der Waals surface area (Å²) >= 11 is 0. The van der Waals surface area contributed by atoms with E-state index in [0.29, 0.717) is 0 Å². The van der Waals surface area contributed by atoms with Gasteiger partial charge in [-0.05, 0) is 0 Å². The Morgan fingerprint density at radius 2 is 1.45 bits per heavy atom. The van der Waals surface area contributed by atoms with E-state index in [1.54, 1.807) is 0 Å². The molecule has 0 unspecified atom stereocenters. The summed E-state index contributed by atoms with van der Waals surface area (Å²) in [7, 11) is 0. The number of hydrogen-bond donors (Lipinski definition) is 0. The molecule has 0 spiro atoms. The molecule has 0 atom stereocenters. The Morgan fingerprint density at radius 1 is 1.05 bits per heavy atom. The quantitative estimate of drug-likeness (QED) is 0.583. The molecule has 0 saturated carbocycles. The fourth-order valence-electron chi connectivity index (χ4n) is 1.20. The summed E-state index contributed by atoms with van der Waals surface area (Å²) in [5.41, 5.74) is 0. The van der Waals surface area contributed by atoms with Gasteiger partial charge in [-0.25, -0.2) is 4.79 Å². The molecular formula is C9H7F6NO4. The summed E-state index contributed by atoms with van der Waals surface area (Å²) in [6.45, 7) is -0.514. The molecule has 2 amide bonds. The molecule has 1 fully saturated rings. The van der Waals surface area contributed by atoms with E-state index in [9.17, 15) is 40.7 Å². The number of hydroxylamine groups is 2. The largest absolute Gasteiger partial charge is 0.413 e. The molecule has 1 aliphatic rings. The minimum atomic E-state index is -6.05. The van der Waals surface area contributed by atoms with E-state index in [2.05, 4.69) is 4.84 Å². The highest BCUT2D eigenvalue weighted by molar-refractivity contribution is 6.01. The van der Waals surface area contributed by atoms with Gasteiger partial charge in [-0.3, -0.25) is 9.59 Å². The Hall–Kier alpha value is -1.81. The van der Waals surface area contributed by atoms with Crippen molar-refractivity contribution in [3.05, 3.63) is 0 Å². The predicted octanol–water partition coefficient (Wildman–Crippen LogP) is 1.52. The van der Waals surface area contributed by atoms with E-state index >= 15 is 0 Å². The normalized spacial score (nSPS) is 17.6. The van der Waals surface area contributed by atoms with Crippen molar-refractivity contribution in [1.82, 2.24) is 5.06 Å². The van der Waals surface area contributed by atoms with Gasteiger partial charge >= 0.3 is 23.7 Å². The average molecular weight is 307 g/mol. The summed E-state index contributed by atoms with van der Waals surface area (Å²) in [5, 5.41) is -0.444. The topological polar surface area (TPSA) is 63.7 Å². The zero-order valence-electron chi connectivity index (χ0n) is 9.76. The molecule has 0 aromatic heterocycles. The van der Waals surface area contributed by atoms with Gasteiger partial charge in [-0.2, -0.15) is 26.3 Å². The molecule has 0 aromatic rings. The van der Waals surface area contributed by atoms with Gasteiger partial charge < -0.3 is 4.84 Å². The first kappa shape index (κ1) is 16.2. The fourth-order valence-corrected chi connectivity index (χ4v) is 1.20. The molecule has 0 aliphatic carbocycles. The van der Waals surface area contributed by atoms with Crippen LogP contribution in [0.4, 0.5) is 26.3 Å². The van der Waals surface area contributed by atoms with E-state index in [1.807, 2.05) is 0 Å². The van der Waals surface area contributed by atoms with Crippen molar-refractivity contribution in [1.29, 1.82) is 0 Å². The van der Waals surface area contributed by atoms with Gasteiger partial charge in [0.1, 0.15) is 0 Å². The van der Waals surface area contributed by atoms with Gasteiger partial charge in [0, 0.05) is 19.8 Å². The monoisotopic (exact) mass is 307 g/mol. The van der Waals surface area contributed by atoms with Crippen LogP contribution in [0.25, 0.3) is 0 Å². The lowest BCUT2D eigenvalue weighted by molar-refractivity contribution is -0.305. The number of nitrogens with zero attached hydrogens (tertiary/aromatic N) is 1. The van der Waals surface area contributed by atoms with Gasteiger partial charge in [-0.15, -0.1) is 5.06 Å². The third-order valence-electron chi connectivity index (χ3n) is 2.38. The highest BCUT2D eigenvalue weighted by atomic mass is 19.3. The summed E-state index contributed by atoms with van der Waals surface area (Å²) in [6, 6.07) is 0. The lowest BCUT2D eigenvalue weighted by Crippen LogP contribution is -2.58. The molecule has 1 heterocycles. The lowest BCUT2D eigenvalue weighted by atomic mass is 10.1. The average Bonchev–Trinajstić information content (AvgIpc) is 2.58. The molecule has 20 heavy (non-hydrogen) atoms. The highest BCUT2D eigenvalue weighted by Gasteiger charge is 2.74. The molecule has 11 heteroatoms. The van der Waals surface area contributed by atoms with E-state index in [4.69, 9.17) is 0 Å². The number of imide groups is 1. The number of carbonyl (C=O) groups excluding carboxylic acids is 3. The van der Waals surface area contributed by atoms with Crippen LogP contribution in [0.1, 0.15) is 19.8 Å². The summed E-state index contributed by atoms with van der Waals surface area (Å²) in [6.07, 6.45) is -0.948. The van der Waals surface area contributed by atoms with Crippen LogP contribution in [0.5, 0.6) is 0 Å². The van der Waals surface area contributed by atoms with Crippen LogP contribution in [-0.2, 0) is 19.2 Å². The molecule has 5 nitrogen and oxygen atoms in total. The van der Waals surface area contributed by atoms with Crippen molar-refractivity contribution in [2.45, 2.75) is 37.5 Å². The Morgan fingerprint density at radius 3 is 1.80 bits per heavy atom. The molecule has 1 saturated heterocycles. The number of hydrogen-bond acceptors (Lipinski definition) is 4. The second-order valence-electron chi connectivity index (χ2n) is 4.00. The van der Waals surface area contributed by atoms with Crippen LogP contribution in [0, 0.1) is 0 Å². The van der Waals surface area contributed by atoms with Crippen molar-refractivity contribution in [3.8, 4) is 0 Å². The number of rotatable bonds is 4. The number of amides is 2. The van der Waals surface area contributed by atoms with Gasteiger partial charge in [0.25, 0.3) is 11.8 Å². The Bertz CT molecular complexity index is 442. The van der Waals surface area contributed by atoms with Crippen LogP contribution >= 0.6 is 0 Å². The van der Waals surface area contributed by atoms with Crippen LogP contribution in [0.3, 0.4) is 0 Å². The van der Waals surface area contributed by atoms with Crippen molar-refractivity contribution < 1.29 is 45.6 Å². The zero-order valence-corrected chi connectivity index (χ0v) is 9.76. The molecular weight excluding hydrogens is 300 g/mol. The van der Waals surface area contributed by atoms with Crippen LogP contribution in [-0.4, -0.2) is 40.6 Å². The fraction of sp³-hybridized carbons (Fsp3) is 0.667. The van der Waals surface area contributed by atoms with Gasteiger partial charge in [0.05, 0.1) is 0 Å². The first-order valence-corrected chi connectivity index (χ1v) is 5.04.